The number of rotatable bonds is 7. The molecule has 2 aromatic rings. The summed E-state index contributed by atoms with van der Waals surface area (Å²) in [5.41, 5.74) is 2.90. The first-order chi connectivity index (χ1) is 16.7. The van der Waals surface area contributed by atoms with E-state index in [0.29, 0.717) is 24.9 Å². The van der Waals surface area contributed by atoms with E-state index in [-0.39, 0.29) is 41.5 Å². The van der Waals surface area contributed by atoms with Gasteiger partial charge in [0.05, 0.1) is 9.82 Å². The number of carbonyl (C=O) groups excluding carboxylic acids is 1. The molecule has 188 valence electrons. The third-order valence-corrected chi connectivity index (χ3v) is 9.35. The normalized spacial score (nSPS) is 19.2. The molecular formula is C26H33N3O5S. The predicted octanol–water partition coefficient (Wildman–Crippen LogP) is 4.10. The zero-order chi connectivity index (χ0) is 25.2. The molecule has 0 N–H and O–H groups in total. The largest absolute Gasteiger partial charge is 0.339 e. The monoisotopic (exact) mass is 499 g/mol. The Morgan fingerprint density at radius 3 is 2.46 bits per heavy atom. The number of hydrogen-bond donors (Lipinski definition) is 0. The highest BCUT2D eigenvalue weighted by atomic mass is 32.2. The van der Waals surface area contributed by atoms with E-state index in [1.165, 1.54) is 27.6 Å². The lowest BCUT2D eigenvalue weighted by atomic mass is 9.86. The van der Waals surface area contributed by atoms with Gasteiger partial charge in [0, 0.05) is 43.7 Å². The van der Waals surface area contributed by atoms with Gasteiger partial charge in [0.15, 0.2) is 0 Å². The van der Waals surface area contributed by atoms with Crippen LogP contribution in [0.15, 0.2) is 47.4 Å². The average molecular weight is 500 g/mol. The van der Waals surface area contributed by atoms with Crippen molar-refractivity contribution in [3.8, 4) is 0 Å². The smallest absolute Gasteiger partial charge is 0.270 e. The van der Waals surface area contributed by atoms with Gasteiger partial charge in [-0.25, -0.2) is 8.42 Å². The molecule has 0 aromatic heterocycles. The van der Waals surface area contributed by atoms with Gasteiger partial charge in [-0.3, -0.25) is 14.9 Å². The van der Waals surface area contributed by atoms with Crippen molar-refractivity contribution < 1.29 is 18.1 Å². The van der Waals surface area contributed by atoms with E-state index in [1.807, 2.05) is 11.0 Å². The highest BCUT2D eigenvalue weighted by molar-refractivity contribution is 7.89. The lowest BCUT2D eigenvalue weighted by Gasteiger charge is -2.39. The number of nitro benzene ring substituents is 1. The van der Waals surface area contributed by atoms with Gasteiger partial charge < -0.3 is 4.90 Å². The summed E-state index contributed by atoms with van der Waals surface area (Å²) in [5, 5.41) is 11.2. The van der Waals surface area contributed by atoms with Crippen LogP contribution in [0.1, 0.15) is 49.3 Å². The third-order valence-electron chi connectivity index (χ3n) is 7.31. The van der Waals surface area contributed by atoms with Gasteiger partial charge in [0.1, 0.15) is 0 Å². The fourth-order valence-electron chi connectivity index (χ4n) is 5.36. The number of hydrogen-bond acceptors (Lipinski definition) is 5. The fourth-order valence-corrected chi connectivity index (χ4v) is 7.07. The van der Waals surface area contributed by atoms with Crippen LogP contribution in [0, 0.1) is 23.0 Å². The van der Waals surface area contributed by atoms with E-state index in [1.54, 1.807) is 6.92 Å². The highest BCUT2D eigenvalue weighted by Gasteiger charge is 2.37. The van der Waals surface area contributed by atoms with Crippen molar-refractivity contribution in [2.75, 3.05) is 19.6 Å². The summed E-state index contributed by atoms with van der Waals surface area (Å²) in [4.78, 5) is 26.2. The molecule has 2 aromatic carbocycles. The number of nitro groups is 1. The van der Waals surface area contributed by atoms with Crippen molar-refractivity contribution in [3.63, 3.8) is 0 Å². The Kier molecular flexibility index (Phi) is 7.56. The molecular weight excluding hydrogens is 466 g/mol. The summed E-state index contributed by atoms with van der Waals surface area (Å²) < 4.78 is 27.9. The summed E-state index contributed by atoms with van der Waals surface area (Å²) in [7, 11) is -3.88. The molecule has 1 saturated heterocycles. The number of nitrogens with zero attached hydrogens (tertiary/aromatic N) is 3. The molecule has 1 heterocycles. The van der Waals surface area contributed by atoms with Crippen LogP contribution in [0.5, 0.6) is 0 Å². The maximum Gasteiger partial charge on any atom is 0.270 e. The fraction of sp³-hybridized carbons (Fsp3) is 0.500. The number of amides is 1. The molecule has 1 fully saturated rings. The van der Waals surface area contributed by atoms with Crippen LogP contribution in [-0.4, -0.2) is 54.1 Å². The molecule has 1 atom stereocenters. The summed E-state index contributed by atoms with van der Waals surface area (Å²) in [5.74, 6) is -0.0869. The van der Waals surface area contributed by atoms with E-state index in [0.717, 1.165) is 31.7 Å². The maximum atomic E-state index is 13.6. The number of piperidine rings is 1. The summed E-state index contributed by atoms with van der Waals surface area (Å²) in [6.45, 7) is 4.88. The minimum atomic E-state index is -3.88. The molecule has 0 radical (unpaired) electrons. The molecule has 8 nitrogen and oxygen atoms in total. The second-order valence-corrected chi connectivity index (χ2v) is 11.5. The van der Waals surface area contributed by atoms with Gasteiger partial charge in [-0.2, -0.15) is 4.31 Å². The van der Waals surface area contributed by atoms with Crippen LogP contribution in [0.3, 0.4) is 0 Å². The minimum absolute atomic E-state index is 0.0371. The molecule has 0 spiro atoms. The quantitative estimate of drug-likeness (QED) is 0.422. The van der Waals surface area contributed by atoms with Gasteiger partial charge in [-0.1, -0.05) is 37.3 Å². The molecule has 0 bridgehead atoms. The summed E-state index contributed by atoms with van der Waals surface area (Å²) >= 11 is 0. The van der Waals surface area contributed by atoms with Crippen LogP contribution >= 0.6 is 0 Å². The molecule has 4 rings (SSSR count). The van der Waals surface area contributed by atoms with Crippen LogP contribution in [0.2, 0.25) is 0 Å². The molecule has 9 heteroatoms. The van der Waals surface area contributed by atoms with Crippen LogP contribution < -0.4 is 0 Å². The zero-order valence-electron chi connectivity index (χ0n) is 20.4. The van der Waals surface area contributed by atoms with Crippen molar-refractivity contribution in [1.29, 1.82) is 0 Å². The van der Waals surface area contributed by atoms with E-state index in [4.69, 9.17) is 0 Å². The third kappa shape index (κ3) is 5.26. The van der Waals surface area contributed by atoms with Crippen molar-refractivity contribution in [3.05, 3.63) is 69.3 Å². The Balaban J connectivity index is 1.45. The van der Waals surface area contributed by atoms with Gasteiger partial charge in [0.25, 0.3) is 5.69 Å². The van der Waals surface area contributed by atoms with Crippen LogP contribution in [0.4, 0.5) is 5.69 Å². The minimum Gasteiger partial charge on any atom is -0.339 e. The summed E-state index contributed by atoms with van der Waals surface area (Å²) in [6.07, 6.45) is 4.56. The van der Waals surface area contributed by atoms with Gasteiger partial charge in [-0.15, -0.1) is 0 Å². The lowest BCUT2D eigenvalue weighted by molar-refractivity contribution is -0.385. The first-order valence-electron chi connectivity index (χ1n) is 12.3. The molecule has 1 aliphatic carbocycles. The van der Waals surface area contributed by atoms with Gasteiger partial charge in [-0.05, 0) is 62.1 Å². The predicted molar refractivity (Wildman–Crippen MR) is 134 cm³/mol. The van der Waals surface area contributed by atoms with Crippen molar-refractivity contribution in [1.82, 2.24) is 9.21 Å². The second-order valence-electron chi connectivity index (χ2n) is 9.58. The first-order valence-corrected chi connectivity index (χ1v) is 13.8. The Labute approximate surface area is 207 Å². The van der Waals surface area contributed by atoms with Crippen molar-refractivity contribution in [2.24, 2.45) is 5.92 Å². The molecule has 1 aliphatic heterocycles. The maximum absolute atomic E-state index is 13.6. The average Bonchev–Trinajstić information content (AvgIpc) is 2.86. The Morgan fingerprint density at radius 1 is 1.11 bits per heavy atom. The van der Waals surface area contributed by atoms with E-state index >= 15 is 0 Å². The standard InChI is InChI=1S/C26H33N3O5S/c1-3-14-28(23-11-9-20-6-4-5-7-22(20)17-23)26(30)21-12-15-27(16-13-21)35(33,34)25-18-24(29(31)32)10-8-19(25)2/h4-8,10,18,21,23H,3,9,11-17H2,1-2H3. The van der Waals surface area contributed by atoms with Crippen LogP contribution in [0.25, 0.3) is 0 Å². The second kappa shape index (κ2) is 10.5. The molecule has 35 heavy (non-hydrogen) atoms. The topological polar surface area (TPSA) is 101 Å². The van der Waals surface area contributed by atoms with Crippen molar-refractivity contribution >= 4 is 21.6 Å². The first kappa shape index (κ1) is 25.3. The molecule has 0 saturated carbocycles. The number of aryl methyl sites for hydroxylation is 2. The number of non-ortho nitro benzene ring substituents is 1. The Bertz CT molecular complexity index is 1210. The SMILES string of the molecule is CCCN(C(=O)C1CCN(S(=O)(=O)c2cc([N+](=O)[O-])ccc2C)CC1)C1CCc2ccccc2C1. The zero-order valence-corrected chi connectivity index (χ0v) is 21.2. The lowest BCUT2D eigenvalue weighted by Crippen LogP contribution is -2.49. The Hall–Kier alpha value is -2.78. The number of fused-ring (bicyclic) bond motifs is 1. The van der Waals surface area contributed by atoms with Gasteiger partial charge in [0.2, 0.25) is 15.9 Å². The summed E-state index contributed by atoms with van der Waals surface area (Å²) in [6, 6.07) is 12.5. The van der Waals surface area contributed by atoms with Gasteiger partial charge >= 0.3 is 0 Å². The number of benzene rings is 2. The number of carbonyl (C=O) groups is 1. The molecule has 1 amide bonds. The molecule has 2 aliphatic rings. The van der Waals surface area contributed by atoms with E-state index in [9.17, 15) is 23.3 Å². The number of sulfonamides is 1. The van der Waals surface area contributed by atoms with Crippen LogP contribution in [-0.2, 0) is 27.7 Å². The Morgan fingerprint density at radius 2 is 1.80 bits per heavy atom. The molecule has 1 unspecified atom stereocenters. The highest BCUT2D eigenvalue weighted by Crippen LogP contribution is 2.31. The van der Waals surface area contributed by atoms with Crippen molar-refractivity contribution in [2.45, 2.75) is 63.3 Å². The van der Waals surface area contributed by atoms with E-state index < -0.39 is 14.9 Å². The van der Waals surface area contributed by atoms with E-state index in [2.05, 4.69) is 25.1 Å².